The third-order valence-electron chi connectivity index (χ3n) is 3.49. The van der Waals surface area contributed by atoms with Crippen LogP contribution >= 0.6 is 15.9 Å². The van der Waals surface area contributed by atoms with Gasteiger partial charge in [0.2, 0.25) is 10.0 Å². The van der Waals surface area contributed by atoms with E-state index in [0.717, 1.165) is 23.6 Å². The number of hydrogen-bond acceptors (Lipinski definition) is 5. The summed E-state index contributed by atoms with van der Waals surface area (Å²) < 4.78 is 56.1. The summed E-state index contributed by atoms with van der Waals surface area (Å²) in [4.78, 5) is -0.156. The molecule has 0 aliphatic carbocycles. The molecule has 0 spiro atoms. The van der Waals surface area contributed by atoms with Gasteiger partial charge in [0.25, 0.3) is 0 Å². The molecule has 0 aromatic heterocycles. The lowest BCUT2D eigenvalue weighted by atomic mass is 10.1. The number of ether oxygens (including phenoxy) is 1. The Balaban J connectivity index is 2.13. The van der Waals surface area contributed by atoms with Gasteiger partial charge in [0.1, 0.15) is 5.75 Å². The van der Waals surface area contributed by atoms with E-state index < -0.39 is 19.9 Å². The predicted octanol–water partition coefficient (Wildman–Crippen LogP) is 2.38. The Morgan fingerprint density at radius 3 is 2.24 bits per heavy atom. The van der Waals surface area contributed by atoms with Gasteiger partial charge in [0.05, 0.1) is 16.9 Å². The van der Waals surface area contributed by atoms with E-state index in [9.17, 15) is 16.8 Å². The summed E-state index contributed by atoms with van der Waals surface area (Å²) in [5.41, 5.74) is 0.951. The molecular formula is C16H18BrNO5S2. The third-order valence-corrected chi connectivity index (χ3v) is 7.05. The Bertz CT molecular complexity index is 955. The average Bonchev–Trinajstić information content (AvgIpc) is 2.54. The normalized spacial score (nSPS) is 12.1. The van der Waals surface area contributed by atoms with Gasteiger partial charge in [-0.2, -0.15) is 0 Å². The zero-order valence-electron chi connectivity index (χ0n) is 13.7. The van der Waals surface area contributed by atoms with Crippen molar-refractivity contribution >= 4 is 35.8 Å². The summed E-state index contributed by atoms with van der Waals surface area (Å²) in [6.07, 6.45) is 1.52. The summed E-state index contributed by atoms with van der Waals surface area (Å²) in [6.45, 7) is 0.185. The van der Waals surface area contributed by atoms with E-state index in [1.807, 2.05) is 12.1 Å². The smallest absolute Gasteiger partial charge is 0.241 e. The Morgan fingerprint density at radius 2 is 1.68 bits per heavy atom. The van der Waals surface area contributed by atoms with Gasteiger partial charge in [-0.15, -0.1) is 0 Å². The third kappa shape index (κ3) is 5.27. The van der Waals surface area contributed by atoms with Crippen molar-refractivity contribution < 1.29 is 21.6 Å². The molecule has 1 N–H and O–H groups in total. The zero-order chi connectivity index (χ0) is 18.7. The van der Waals surface area contributed by atoms with Crippen LogP contribution in [0.1, 0.15) is 5.56 Å². The van der Waals surface area contributed by atoms with Crippen LogP contribution in [0.25, 0.3) is 0 Å². The monoisotopic (exact) mass is 447 g/mol. The summed E-state index contributed by atoms with van der Waals surface area (Å²) >= 11 is 3.16. The fourth-order valence-electron chi connectivity index (χ4n) is 2.12. The first kappa shape index (κ1) is 19.9. The average molecular weight is 448 g/mol. The van der Waals surface area contributed by atoms with E-state index in [1.165, 1.54) is 12.1 Å². The molecule has 0 unspecified atom stereocenters. The Hall–Kier alpha value is -1.42. The SMILES string of the molecule is COc1ccc(CCNS(=O)(=O)c2cc(S(C)(=O)=O)ccc2Br)cc1. The molecule has 0 fully saturated rings. The lowest BCUT2D eigenvalue weighted by Crippen LogP contribution is -2.26. The van der Waals surface area contributed by atoms with Gasteiger partial charge in [-0.05, 0) is 58.2 Å². The summed E-state index contributed by atoms with van der Waals surface area (Å²) in [5, 5.41) is 0. The van der Waals surface area contributed by atoms with Crippen molar-refractivity contribution in [1.82, 2.24) is 4.72 Å². The highest BCUT2D eigenvalue weighted by Crippen LogP contribution is 2.25. The topological polar surface area (TPSA) is 89.5 Å². The van der Waals surface area contributed by atoms with Crippen LogP contribution in [0, 0.1) is 0 Å². The molecule has 0 atom stereocenters. The van der Waals surface area contributed by atoms with E-state index >= 15 is 0 Å². The van der Waals surface area contributed by atoms with Gasteiger partial charge in [-0.25, -0.2) is 21.6 Å². The van der Waals surface area contributed by atoms with Crippen LogP contribution in [0.5, 0.6) is 5.75 Å². The van der Waals surface area contributed by atoms with Crippen LogP contribution in [-0.2, 0) is 26.3 Å². The van der Waals surface area contributed by atoms with Crippen molar-refractivity contribution in [3.05, 3.63) is 52.5 Å². The molecule has 0 aliphatic heterocycles. The minimum absolute atomic E-state index is 0.0498. The second-order valence-corrected chi connectivity index (χ2v) is 9.97. The van der Waals surface area contributed by atoms with Crippen molar-refractivity contribution in [3.8, 4) is 5.75 Å². The van der Waals surface area contributed by atoms with Crippen LogP contribution in [0.15, 0.2) is 56.7 Å². The number of hydrogen-bond donors (Lipinski definition) is 1. The quantitative estimate of drug-likeness (QED) is 0.703. The number of nitrogens with one attached hydrogen (secondary N) is 1. The standard InChI is InChI=1S/C16H18BrNO5S2/c1-23-13-5-3-12(4-6-13)9-10-18-25(21,22)16-11-14(24(2,19)20)7-8-15(16)17/h3-8,11,18H,9-10H2,1-2H3. The number of sulfone groups is 1. The van der Waals surface area contributed by atoms with Crippen LogP contribution in [-0.4, -0.2) is 36.7 Å². The maximum absolute atomic E-state index is 12.5. The maximum Gasteiger partial charge on any atom is 0.241 e. The van der Waals surface area contributed by atoms with Crippen LogP contribution in [0.4, 0.5) is 0 Å². The van der Waals surface area contributed by atoms with Gasteiger partial charge in [0, 0.05) is 17.3 Å². The number of benzene rings is 2. The second-order valence-electron chi connectivity index (χ2n) is 5.36. The highest BCUT2D eigenvalue weighted by atomic mass is 79.9. The largest absolute Gasteiger partial charge is 0.497 e. The fraction of sp³-hybridized carbons (Fsp3) is 0.250. The molecule has 2 aromatic rings. The van der Waals surface area contributed by atoms with Gasteiger partial charge in [0.15, 0.2) is 9.84 Å². The fourth-order valence-corrected chi connectivity index (χ4v) is 4.86. The van der Waals surface area contributed by atoms with Crippen LogP contribution < -0.4 is 9.46 Å². The molecule has 6 nitrogen and oxygen atoms in total. The Kier molecular flexibility index (Phi) is 6.26. The molecule has 0 amide bonds. The molecule has 0 saturated carbocycles. The molecule has 25 heavy (non-hydrogen) atoms. The Labute approximate surface area is 156 Å². The molecule has 136 valence electrons. The van der Waals surface area contributed by atoms with Crippen molar-refractivity contribution in [2.24, 2.45) is 0 Å². The number of methoxy groups -OCH3 is 1. The molecule has 2 rings (SSSR count). The minimum Gasteiger partial charge on any atom is -0.497 e. The van der Waals surface area contributed by atoms with E-state index in [0.29, 0.717) is 10.9 Å². The van der Waals surface area contributed by atoms with Gasteiger partial charge in [-0.3, -0.25) is 0 Å². The summed E-state index contributed by atoms with van der Waals surface area (Å²) in [7, 11) is -5.77. The van der Waals surface area contributed by atoms with Crippen LogP contribution in [0.2, 0.25) is 0 Å². The first-order valence-electron chi connectivity index (χ1n) is 7.26. The minimum atomic E-state index is -3.84. The molecular weight excluding hydrogens is 430 g/mol. The molecule has 0 aliphatic rings. The molecule has 2 aromatic carbocycles. The van der Waals surface area contributed by atoms with E-state index in [4.69, 9.17) is 4.74 Å². The van der Waals surface area contributed by atoms with E-state index in [1.54, 1.807) is 19.2 Å². The molecule has 9 heteroatoms. The summed E-state index contributed by atoms with van der Waals surface area (Å²) in [5.74, 6) is 0.728. The first-order chi connectivity index (χ1) is 11.6. The van der Waals surface area contributed by atoms with E-state index in [-0.39, 0.29) is 16.3 Å². The number of sulfonamides is 1. The highest BCUT2D eigenvalue weighted by molar-refractivity contribution is 9.10. The summed E-state index contributed by atoms with van der Waals surface area (Å²) in [6, 6.07) is 11.2. The van der Waals surface area contributed by atoms with Crippen molar-refractivity contribution in [1.29, 1.82) is 0 Å². The van der Waals surface area contributed by atoms with Gasteiger partial charge in [-0.1, -0.05) is 12.1 Å². The predicted molar refractivity (Wildman–Crippen MR) is 99.1 cm³/mol. The van der Waals surface area contributed by atoms with Crippen molar-refractivity contribution in [3.63, 3.8) is 0 Å². The molecule has 0 saturated heterocycles. The number of halogens is 1. The molecule has 0 bridgehead atoms. The number of rotatable bonds is 7. The lowest BCUT2D eigenvalue weighted by Gasteiger charge is -2.10. The lowest BCUT2D eigenvalue weighted by molar-refractivity contribution is 0.414. The highest BCUT2D eigenvalue weighted by Gasteiger charge is 2.20. The van der Waals surface area contributed by atoms with Gasteiger partial charge < -0.3 is 4.74 Å². The Morgan fingerprint density at radius 1 is 1.04 bits per heavy atom. The zero-order valence-corrected chi connectivity index (χ0v) is 16.9. The molecule has 0 radical (unpaired) electrons. The van der Waals surface area contributed by atoms with E-state index in [2.05, 4.69) is 20.7 Å². The van der Waals surface area contributed by atoms with Crippen LogP contribution in [0.3, 0.4) is 0 Å². The first-order valence-corrected chi connectivity index (χ1v) is 11.4. The maximum atomic E-state index is 12.5. The second kappa shape index (κ2) is 7.86. The van der Waals surface area contributed by atoms with Gasteiger partial charge >= 0.3 is 0 Å². The van der Waals surface area contributed by atoms with Crippen molar-refractivity contribution in [2.45, 2.75) is 16.2 Å². The molecule has 0 heterocycles. The van der Waals surface area contributed by atoms with Crippen molar-refractivity contribution in [2.75, 3.05) is 19.9 Å².